The summed E-state index contributed by atoms with van der Waals surface area (Å²) in [5.41, 5.74) is 6.25. The Bertz CT molecular complexity index is 438. The van der Waals surface area contributed by atoms with Crippen LogP contribution in [0.2, 0.25) is 0 Å². The van der Waals surface area contributed by atoms with Crippen LogP contribution >= 0.6 is 0 Å². The zero-order valence-electron chi connectivity index (χ0n) is 12.9. The first-order valence-electron chi connectivity index (χ1n) is 7.57. The van der Waals surface area contributed by atoms with Gasteiger partial charge in [-0.3, -0.25) is 4.79 Å². The first kappa shape index (κ1) is 18.4. The molecule has 0 aliphatic heterocycles. The highest BCUT2D eigenvalue weighted by Crippen LogP contribution is 2.19. The normalized spacial score (nSPS) is 12.2. The van der Waals surface area contributed by atoms with Crippen LogP contribution in [0.4, 0.5) is 8.78 Å². The summed E-state index contributed by atoms with van der Waals surface area (Å²) in [5.74, 6) is 0.102. The second-order valence-electron chi connectivity index (χ2n) is 5.19. The number of hydrogen-bond donors (Lipinski definition) is 2. The van der Waals surface area contributed by atoms with Crippen LogP contribution in [0.1, 0.15) is 50.6 Å². The number of ether oxygens (including phenoxy) is 1. The number of nitrogens with one attached hydrogen (secondary N) is 1. The van der Waals surface area contributed by atoms with E-state index in [4.69, 9.17) is 5.73 Å². The Labute approximate surface area is 130 Å². The van der Waals surface area contributed by atoms with Gasteiger partial charge in [-0.25, -0.2) is 0 Å². The number of carbonyl (C=O) groups excluding carboxylic acids is 1. The third-order valence-electron chi connectivity index (χ3n) is 3.34. The third kappa shape index (κ3) is 7.36. The predicted octanol–water partition coefficient (Wildman–Crippen LogP) is 3.37. The van der Waals surface area contributed by atoms with Crippen LogP contribution in [0.5, 0.6) is 5.75 Å². The van der Waals surface area contributed by atoms with Gasteiger partial charge < -0.3 is 15.8 Å². The van der Waals surface area contributed by atoms with Crippen molar-refractivity contribution in [2.75, 3.05) is 6.54 Å². The van der Waals surface area contributed by atoms with Crippen molar-refractivity contribution in [3.8, 4) is 5.75 Å². The standard InChI is InChI=1S/C16H24F2N2O2/c1-12(20-15(21)6-4-2-3-5-11-19)13-7-9-14(10-8-13)22-16(17)18/h7-10,12,16H,2-6,11,19H2,1H3,(H,20,21). The Kier molecular flexibility index (Phi) is 8.43. The van der Waals surface area contributed by atoms with Gasteiger partial charge in [-0.2, -0.15) is 8.78 Å². The maximum absolute atomic E-state index is 12.1. The topological polar surface area (TPSA) is 64.4 Å². The summed E-state index contributed by atoms with van der Waals surface area (Å²) >= 11 is 0. The van der Waals surface area contributed by atoms with E-state index < -0.39 is 6.61 Å². The van der Waals surface area contributed by atoms with E-state index in [-0.39, 0.29) is 17.7 Å². The van der Waals surface area contributed by atoms with Crippen LogP contribution in [0, 0.1) is 0 Å². The summed E-state index contributed by atoms with van der Waals surface area (Å²) in [6.45, 7) is -0.286. The zero-order valence-corrected chi connectivity index (χ0v) is 12.9. The van der Waals surface area contributed by atoms with E-state index >= 15 is 0 Å². The van der Waals surface area contributed by atoms with Crippen molar-refractivity contribution in [1.29, 1.82) is 0 Å². The number of nitrogens with two attached hydrogens (primary N) is 1. The van der Waals surface area contributed by atoms with Gasteiger partial charge >= 0.3 is 6.61 Å². The Balaban J connectivity index is 2.34. The van der Waals surface area contributed by atoms with E-state index in [1.807, 2.05) is 6.92 Å². The fourth-order valence-electron chi connectivity index (χ4n) is 2.12. The number of hydrogen-bond acceptors (Lipinski definition) is 3. The molecule has 0 aliphatic rings. The van der Waals surface area contributed by atoms with Crippen LogP contribution in [0.3, 0.4) is 0 Å². The predicted molar refractivity (Wildman–Crippen MR) is 81.8 cm³/mol. The maximum atomic E-state index is 12.1. The largest absolute Gasteiger partial charge is 0.435 e. The van der Waals surface area contributed by atoms with Crippen molar-refractivity contribution in [3.63, 3.8) is 0 Å². The lowest BCUT2D eigenvalue weighted by Crippen LogP contribution is -2.26. The quantitative estimate of drug-likeness (QED) is 0.651. The Morgan fingerprint density at radius 1 is 1.18 bits per heavy atom. The average Bonchev–Trinajstić information content (AvgIpc) is 2.47. The molecule has 0 fully saturated rings. The number of benzene rings is 1. The molecule has 0 saturated heterocycles. The number of amides is 1. The van der Waals surface area contributed by atoms with Crippen LogP contribution in [-0.2, 0) is 4.79 Å². The Morgan fingerprint density at radius 3 is 2.41 bits per heavy atom. The average molecular weight is 314 g/mol. The summed E-state index contributed by atoms with van der Waals surface area (Å²) < 4.78 is 28.4. The Hall–Kier alpha value is -1.69. The summed E-state index contributed by atoms with van der Waals surface area (Å²) in [4.78, 5) is 11.8. The van der Waals surface area contributed by atoms with Gasteiger partial charge in [0.2, 0.25) is 5.91 Å². The fraction of sp³-hybridized carbons (Fsp3) is 0.562. The summed E-state index contributed by atoms with van der Waals surface area (Å²) in [7, 11) is 0. The lowest BCUT2D eigenvalue weighted by molar-refractivity contribution is -0.121. The molecule has 1 aromatic carbocycles. The molecule has 1 aromatic rings. The molecular weight excluding hydrogens is 290 g/mol. The van der Waals surface area contributed by atoms with Gasteiger partial charge in [0.25, 0.3) is 0 Å². The number of halogens is 2. The molecule has 0 saturated carbocycles. The molecule has 0 spiro atoms. The highest BCUT2D eigenvalue weighted by Gasteiger charge is 2.10. The molecule has 0 aliphatic carbocycles. The third-order valence-corrected chi connectivity index (χ3v) is 3.34. The summed E-state index contributed by atoms with van der Waals surface area (Å²) in [6.07, 6.45) is 4.37. The first-order chi connectivity index (χ1) is 10.5. The molecule has 1 unspecified atom stereocenters. The second kappa shape index (κ2) is 10.1. The maximum Gasteiger partial charge on any atom is 0.387 e. The van der Waals surface area contributed by atoms with Gasteiger partial charge in [0.15, 0.2) is 0 Å². The minimum Gasteiger partial charge on any atom is -0.435 e. The molecule has 0 aromatic heterocycles. The lowest BCUT2D eigenvalue weighted by atomic mass is 10.1. The molecular formula is C16H24F2N2O2. The molecule has 0 bridgehead atoms. The molecule has 4 nitrogen and oxygen atoms in total. The minimum absolute atomic E-state index is 0.00634. The van der Waals surface area contributed by atoms with E-state index in [0.717, 1.165) is 31.2 Å². The van der Waals surface area contributed by atoms with E-state index in [0.29, 0.717) is 13.0 Å². The van der Waals surface area contributed by atoms with Crippen LogP contribution < -0.4 is 15.8 Å². The molecule has 3 N–H and O–H groups in total. The van der Waals surface area contributed by atoms with E-state index in [1.165, 1.54) is 12.1 Å². The van der Waals surface area contributed by atoms with Gasteiger partial charge in [0.1, 0.15) is 5.75 Å². The molecule has 124 valence electrons. The number of carbonyl (C=O) groups is 1. The van der Waals surface area contributed by atoms with E-state index in [1.54, 1.807) is 12.1 Å². The molecule has 1 atom stereocenters. The first-order valence-corrected chi connectivity index (χ1v) is 7.57. The second-order valence-corrected chi connectivity index (χ2v) is 5.19. The van der Waals surface area contributed by atoms with Crippen LogP contribution in [0.15, 0.2) is 24.3 Å². The molecule has 22 heavy (non-hydrogen) atoms. The van der Waals surface area contributed by atoms with Crippen molar-refractivity contribution in [2.24, 2.45) is 5.73 Å². The highest BCUT2D eigenvalue weighted by atomic mass is 19.3. The van der Waals surface area contributed by atoms with Gasteiger partial charge in [0.05, 0.1) is 6.04 Å². The lowest BCUT2D eigenvalue weighted by Gasteiger charge is -2.15. The van der Waals surface area contributed by atoms with Crippen molar-refractivity contribution in [2.45, 2.75) is 51.7 Å². The summed E-state index contributed by atoms with van der Waals surface area (Å²) in [5, 5.41) is 2.89. The minimum atomic E-state index is -2.83. The van der Waals surface area contributed by atoms with Gasteiger partial charge in [-0.15, -0.1) is 0 Å². The SMILES string of the molecule is CC(NC(=O)CCCCCCN)c1ccc(OC(F)F)cc1. The van der Waals surface area contributed by atoms with Crippen molar-refractivity contribution in [3.05, 3.63) is 29.8 Å². The van der Waals surface area contributed by atoms with Crippen molar-refractivity contribution < 1.29 is 18.3 Å². The molecule has 6 heteroatoms. The molecule has 1 amide bonds. The smallest absolute Gasteiger partial charge is 0.387 e. The van der Waals surface area contributed by atoms with Gasteiger partial charge in [-0.1, -0.05) is 25.0 Å². The van der Waals surface area contributed by atoms with Crippen LogP contribution in [-0.4, -0.2) is 19.1 Å². The van der Waals surface area contributed by atoms with Gasteiger partial charge in [0, 0.05) is 6.42 Å². The van der Waals surface area contributed by atoms with Crippen molar-refractivity contribution in [1.82, 2.24) is 5.32 Å². The summed E-state index contributed by atoms with van der Waals surface area (Å²) in [6, 6.07) is 6.11. The number of rotatable bonds is 10. The zero-order chi connectivity index (χ0) is 16.4. The van der Waals surface area contributed by atoms with E-state index in [2.05, 4.69) is 10.1 Å². The monoisotopic (exact) mass is 314 g/mol. The fourth-order valence-corrected chi connectivity index (χ4v) is 2.12. The highest BCUT2D eigenvalue weighted by molar-refractivity contribution is 5.76. The van der Waals surface area contributed by atoms with Gasteiger partial charge in [-0.05, 0) is 44.0 Å². The molecule has 0 radical (unpaired) electrons. The Morgan fingerprint density at radius 2 is 1.82 bits per heavy atom. The number of alkyl halides is 2. The van der Waals surface area contributed by atoms with Crippen LogP contribution in [0.25, 0.3) is 0 Å². The molecule has 1 rings (SSSR count). The number of unbranched alkanes of at least 4 members (excludes halogenated alkanes) is 3. The molecule has 0 heterocycles. The van der Waals surface area contributed by atoms with Crippen molar-refractivity contribution >= 4 is 5.91 Å². The van der Waals surface area contributed by atoms with E-state index in [9.17, 15) is 13.6 Å².